The number of benzene rings is 5. The SMILES string of the molecule is c1ccc(-c2cccc(-n3c4ccccc4c4c(-c5ccccc5)cc5c(ccn5-c5ccccc5)c43)n2)cc1. The van der Waals surface area contributed by atoms with Gasteiger partial charge in [0.05, 0.1) is 22.2 Å². The fourth-order valence-electron chi connectivity index (χ4n) is 5.98. The smallest absolute Gasteiger partial charge is 0.138 e. The van der Waals surface area contributed by atoms with Crippen LogP contribution in [0, 0.1) is 0 Å². The van der Waals surface area contributed by atoms with Crippen molar-refractivity contribution in [2.24, 2.45) is 0 Å². The second-order valence-corrected chi connectivity index (χ2v) is 10.1. The maximum Gasteiger partial charge on any atom is 0.138 e. The quantitative estimate of drug-likeness (QED) is 0.231. The Labute approximate surface area is 232 Å². The van der Waals surface area contributed by atoms with Crippen LogP contribution in [0.3, 0.4) is 0 Å². The van der Waals surface area contributed by atoms with Gasteiger partial charge in [-0.1, -0.05) is 103 Å². The third kappa shape index (κ3) is 3.49. The predicted molar refractivity (Wildman–Crippen MR) is 166 cm³/mol. The first-order valence-electron chi connectivity index (χ1n) is 13.6. The number of hydrogen-bond acceptors (Lipinski definition) is 1. The molecule has 5 aromatic carbocycles. The lowest BCUT2D eigenvalue weighted by Crippen LogP contribution is -1.99. The van der Waals surface area contributed by atoms with Crippen LogP contribution in [0.1, 0.15) is 0 Å². The molecule has 0 saturated heterocycles. The summed E-state index contributed by atoms with van der Waals surface area (Å²) in [7, 11) is 0. The molecule has 0 bridgehead atoms. The zero-order valence-corrected chi connectivity index (χ0v) is 21.8. The summed E-state index contributed by atoms with van der Waals surface area (Å²) in [6.07, 6.45) is 2.18. The highest BCUT2D eigenvalue weighted by molar-refractivity contribution is 6.23. The Hall–Kier alpha value is -5.41. The van der Waals surface area contributed by atoms with Gasteiger partial charge in [0.1, 0.15) is 5.82 Å². The van der Waals surface area contributed by atoms with Crippen LogP contribution in [-0.4, -0.2) is 14.1 Å². The van der Waals surface area contributed by atoms with E-state index >= 15 is 0 Å². The molecule has 0 atom stereocenters. The average Bonchev–Trinajstić information content (AvgIpc) is 3.62. The molecule has 8 rings (SSSR count). The van der Waals surface area contributed by atoms with E-state index in [1.54, 1.807) is 0 Å². The lowest BCUT2D eigenvalue weighted by molar-refractivity contribution is 1.09. The van der Waals surface area contributed by atoms with Crippen LogP contribution in [0.5, 0.6) is 0 Å². The summed E-state index contributed by atoms with van der Waals surface area (Å²) < 4.78 is 4.64. The number of hydrogen-bond donors (Lipinski definition) is 0. The number of aromatic nitrogens is 3. The van der Waals surface area contributed by atoms with Crippen molar-refractivity contribution in [3.8, 4) is 33.9 Å². The summed E-state index contributed by atoms with van der Waals surface area (Å²) in [5.74, 6) is 0.909. The number of nitrogens with zero attached hydrogens (tertiary/aromatic N) is 3. The Morgan fingerprint density at radius 3 is 1.95 bits per heavy atom. The van der Waals surface area contributed by atoms with Gasteiger partial charge in [-0.05, 0) is 53.6 Å². The van der Waals surface area contributed by atoms with Crippen molar-refractivity contribution < 1.29 is 0 Å². The topological polar surface area (TPSA) is 22.8 Å². The second kappa shape index (κ2) is 9.11. The molecule has 3 heterocycles. The second-order valence-electron chi connectivity index (χ2n) is 10.1. The predicted octanol–water partition coefficient (Wildman–Crippen LogP) is 9.46. The van der Waals surface area contributed by atoms with E-state index in [2.05, 4.69) is 155 Å². The summed E-state index contributed by atoms with van der Waals surface area (Å²) in [4.78, 5) is 5.22. The van der Waals surface area contributed by atoms with E-state index in [4.69, 9.17) is 4.98 Å². The van der Waals surface area contributed by atoms with Crippen molar-refractivity contribution in [3.63, 3.8) is 0 Å². The number of pyridine rings is 1. The van der Waals surface area contributed by atoms with Crippen molar-refractivity contribution in [2.75, 3.05) is 0 Å². The Bertz CT molecular complexity index is 2140. The number of rotatable bonds is 4. The van der Waals surface area contributed by atoms with Crippen molar-refractivity contribution in [2.45, 2.75) is 0 Å². The molecule has 8 aromatic rings. The first-order chi connectivity index (χ1) is 19.9. The lowest BCUT2D eigenvalue weighted by atomic mass is 9.97. The van der Waals surface area contributed by atoms with E-state index in [1.165, 1.54) is 38.3 Å². The van der Waals surface area contributed by atoms with Gasteiger partial charge in [-0.3, -0.25) is 4.57 Å². The molecule has 3 aromatic heterocycles. The van der Waals surface area contributed by atoms with Gasteiger partial charge in [-0.25, -0.2) is 4.98 Å². The van der Waals surface area contributed by atoms with E-state index in [0.717, 1.165) is 28.3 Å². The van der Waals surface area contributed by atoms with Crippen molar-refractivity contribution >= 4 is 32.7 Å². The average molecular weight is 512 g/mol. The normalized spacial score (nSPS) is 11.5. The molecule has 0 unspecified atom stereocenters. The highest BCUT2D eigenvalue weighted by Crippen LogP contribution is 2.43. The molecule has 0 aliphatic rings. The fourth-order valence-corrected chi connectivity index (χ4v) is 5.98. The van der Waals surface area contributed by atoms with Gasteiger partial charge in [0.15, 0.2) is 0 Å². The first-order valence-corrected chi connectivity index (χ1v) is 13.6. The van der Waals surface area contributed by atoms with Crippen LogP contribution in [0.4, 0.5) is 0 Å². The van der Waals surface area contributed by atoms with Crippen LogP contribution in [0.15, 0.2) is 152 Å². The third-order valence-electron chi connectivity index (χ3n) is 7.76. The summed E-state index contributed by atoms with van der Waals surface area (Å²) >= 11 is 0. The molecule has 40 heavy (non-hydrogen) atoms. The maximum atomic E-state index is 5.22. The van der Waals surface area contributed by atoms with Crippen LogP contribution in [0.25, 0.3) is 66.6 Å². The van der Waals surface area contributed by atoms with E-state index in [0.29, 0.717) is 0 Å². The molecule has 0 spiro atoms. The molecule has 3 nitrogen and oxygen atoms in total. The fraction of sp³-hybridized carbons (Fsp3) is 0. The molecule has 0 radical (unpaired) electrons. The number of para-hydroxylation sites is 2. The Kier molecular flexibility index (Phi) is 5.14. The van der Waals surface area contributed by atoms with E-state index in [9.17, 15) is 0 Å². The maximum absolute atomic E-state index is 5.22. The summed E-state index contributed by atoms with van der Waals surface area (Å²) in [6.45, 7) is 0. The van der Waals surface area contributed by atoms with Crippen LogP contribution in [0.2, 0.25) is 0 Å². The zero-order valence-electron chi connectivity index (χ0n) is 21.8. The molecule has 0 amide bonds. The molecule has 188 valence electrons. The van der Waals surface area contributed by atoms with E-state index in [1.807, 2.05) is 6.07 Å². The molecule has 0 fully saturated rings. The summed E-state index contributed by atoms with van der Waals surface area (Å²) in [6, 6.07) is 51.3. The largest absolute Gasteiger partial charge is 0.316 e. The summed E-state index contributed by atoms with van der Waals surface area (Å²) in [5.41, 5.74) is 9.11. The zero-order chi connectivity index (χ0) is 26.5. The Morgan fingerprint density at radius 2 is 1.18 bits per heavy atom. The van der Waals surface area contributed by atoms with Gasteiger partial charge >= 0.3 is 0 Å². The van der Waals surface area contributed by atoms with Gasteiger partial charge < -0.3 is 4.57 Å². The third-order valence-corrected chi connectivity index (χ3v) is 7.76. The van der Waals surface area contributed by atoms with Gasteiger partial charge in [0, 0.05) is 33.6 Å². The molecule has 0 aliphatic carbocycles. The lowest BCUT2D eigenvalue weighted by Gasteiger charge is -2.13. The summed E-state index contributed by atoms with van der Waals surface area (Å²) in [5, 5.41) is 3.66. The molecular weight excluding hydrogens is 486 g/mol. The van der Waals surface area contributed by atoms with Crippen LogP contribution >= 0.6 is 0 Å². The molecule has 0 saturated carbocycles. The minimum Gasteiger partial charge on any atom is -0.316 e. The van der Waals surface area contributed by atoms with E-state index < -0.39 is 0 Å². The van der Waals surface area contributed by atoms with Crippen LogP contribution in [-0.2, 0) is 0 Å². The van der Waals surface area contributed by atoms with Gasteiger partial charge in [0.2, 0.25) is 0 Å². The van der Waals surface area contributed by atoms with Crippen LogP contribution < -0.4 is 0 Å². The molecule has 0 N–H and O–H groups in total. The standard InChI is InChI=1S/C37H25N3/c1-4-13-26(14-5-1)31-25-34-30(23-24-39(34)28-17-8-3-9-18-28)37-36(31)29-19-10-11-21-33(29)40(37)35-22-12-20-32(38-35)27-15-6-2-7-16-27/h1-25H. The van der Waals surface area contributed by atoms with E-state index in [-0.39, 0.29) is 0 Å². The highest BCUT2D eigenvalue weighted by atomic mass is 15.1. The highest BCUT2D eigenvalue weighted by Gasteiger charge is 2.21. The molecular formula is C37H25N3. The number of fused-ring (bicyclic) bond motifs is 5. The van der Waals surface area contributed by atoms with Crippen molar-refractivity contribution in [1.29, 1.82) is 0 Å². The van der Waals surface area contributed by atoms with Gasteiger partial charge in [-0.2, -0.15) is 0 Å². The van der Waals surface area contributed by atoms with Crippen molar-refractivity contribution in [3.05, 3.63) is 152 Å². The monoisotopic (exact) mass is 511 g/mol. The minimum atomic E-state index is 0.909. The molecule has 0 aliphatic heterocycles. The van der Waals surface area contributed by atoms with Gasteiger partial charge in [-0.15, -0.1) is 0 Å². The Balaban J connectivity index is 1.53. The first kappa shape index (κ1) is 22.6. The molecule has 3 heteroatoms. The van der Waals surface area contributed by atoms with Crippen molar-refractivity contribution in [1.82, 2.24) is 14.1 Å². The van der Waals surface area contributed by atoms with Gasteiger partial charge in [0.25, 0.3) is 0 Å². The Morgan fingerprint density at radius 1 is 0.500 bits per heavy atom. The minimum absolute atomic E-state index is 0.909.